The summed E-state index contributed by atoms with van der Waals surface area (Å²) < 4.78 is 7.03. The van der Waals surface area contributed by atoms with Crippen LogP contribution in [0.15, 0.2) is 67.0 Å². The van der Waals surface area contributed by atoms with Crippen LogP contribution in [-0.2, 0) is 16.0 Å². The third kappa shape index (κ3) is 4.35. The Morgan fingerprint density at radius 2 is 2.00 bits per heavy atom. The lowest BCUT2D eigenvalue weighted by Gasteiger charge is -2.17. The fourth-order valence-electron chi connectivity index (χ4n) is 3.62. The van der Waals surface area contributed by atoms with Crippen LogP contribution in [0.5, 0.6) is 5.75 Å². The molecule has 1 saturated heterocycles. The highest BCUT2D eigenvalue weighted by molar-refractivity contribution is 6.00. The summed E-state index contributed by atoms with van der Waals surface area (Å²) in [4.78, 5) is 26.6. The maximum absolute atomic E-state index is 12.6. The molecule has 1 aromatic heterocycles. The van der Waals surface area contributed by atoms with E-state index in [2.05, 4.69) is 10.4 Å². The number of nitrogens with zero attached hydrogens (tertiary/aromatic N) is 3. The van der Waals surface area contributed by atoms with Crippen molar-refractivity contribution < 1.29 is 14.3 Å². The molecular weight excluding hydrogens is 380 g/mol. The minimum absolute atomic E-state index is 0.0439. The number of amides is 2. The van der Waals surface area contributed by atoms with E-state index in [1.54, 1.807) is 22.9 Å². The molecule has 7 nitrogen and oxygen atoms in total. The first kappa shape index (κ1) is 19.7. The maximum atomic E-state index is 12.6. The zero-order valence-corrected chi connectivity index (χ0v) is 16.8. The number of ether oxygens (including phenoxy) is 1. The molecule has 3 aromatic rings. The first-order valence-corrected chi connectivity index (χ1v) is 9.95. The number of anilines is 1. The molecule has 7 heteroatoms. The fourth-order valence-corrected chi connectivity index (χ4v) is 3.62. The van der Waals surface area contributed by atoms with Gasteiger partial charge in [-0.1, -0.05) is 18.2 Å². The number of aromatic nitrogens is 2. The molecular formula is C23H24N4O3. The first-order valence-electron chi connectivity index (χ1n) is 9.95. The smallest absolute Gasteiger partial charge is 0.227 e. The number of rotatable bonds is 7. The van der Waals surface area contributed by atoms with Gasteiger partial charge in [0.25, 0.3) is 0 Å². The lowest BCUT2D eigenvalue weighted by molar-refractivity contribution is -0.126. The van der Waals surface area contributed by atoms with Crippen LogP contribution in [-0.4, -0.2) is 41.8 Å². The Morgan fingerprint density at radius 3 is 2.73 bits per heavy atom. The summed E-state index contributed by atoms with van der Waals surface area (Å²) >= 11 is 0. The normalized spacial score (nSPS) is 16.0. The highest BCUT2D eigenvalue weighted by Crippen LogP contribution is 2.28. The van der Waals surface area contributed by atoms with Gasteiger partial charge in [0.1, 0.15) is 5.75 Å². The Balaban J connectivity index is 1.28. The second kappa shape index (κ2) is 8.82. The summed E-state index contributed by atoms with van der Waals surface area (Å²) in [5, 5.41) is 7.18. The van der Waals surface area contributed by atoms with Crippen molar-refractivity contribution in [1.29, 1.82) is 0 Å². The van der Waals surface area contributed by atoms with Crippen LogP contribution in [0.25, 0.3) is 5.69 Å². The third-order valence-electron chi connectivity index (χ3n) is 5.28. The minimum Gasteiger partial charge on any atom is -0.497 e. The SMILES string of the molecule is COc1cccc(N2CC(C(=O)NCCc3ccc(-n4cccn4)cc3)CC2=O)c1. The van der Waals surface area contributed by atoms with Gasteiger partial charge in [-0.15, -0.1) is 0 Å². The van der Waals surface area contributed by atoms with Gasteiger partial charge in [-0.3, -0.25) is 9.59 Å². The Morgan fingerprint density at radius 1 is 1.17 bits per heavy atom. The second-order valence-corrected chi connectivity index (χ2v) is 7.26. The van der Waals surface area contributed by atoms with Crippen molar-refractivity contribution in [3.63, 3.8) is 0 Å². The van der Waals surface area contributed by atoms with Gasteiger partial charge in [0.05, 0.1) is 18.7 Å². The van der Waals surface area contributed by atoms with Crippen molar-refractivity contribution >= 4 is 17.5 Å². The van der Waals surface area contributed by atoms with Crippen molar-refractivity contribution in [2.24, 2.45) is 5.92 Å². The zero-order chi connectivity index (χ0) is 20.9. The molecule has 2 aromatic carbocycles. The molecule has 1 aliphatic rings. The molecule has 0 bridgehead atoms. The lowest BCUT2D eigenvalue weighted by Crippen LogP contribution is -2.34. The minimum atomic E-state index is -0.342. The van der Waals surface area contributed by atoms with Gasteiger partial charge in [0, 0.05) is 43.7 Å². The van der Waals surface area contributed by atoms with E-state index < -0.39 is 0 Å². The summed E-state index contributed by atoms with van der Waals surface area (Å²) in [6, 6.07) is 17.3. The predicted molar refractivity (Wildman–Crippen MR) is 114 cm³/mol. The molecule has 30 heavy (non-hydrogen) atoms. The van der Waals surface area contributed by atoms with Gasteiger partial charge in [-0.2, -0.15) is 5.10 Å². The number of carbonyl (C=O) groups excluding carboxylic acids is 2. The number of carbonyl (C=O) groups is 2. The van der Waals surface area contributed by atoms with Gasteiger partial charge in [0.2, 0.25) is 11.8 Å². The summed E-state index contributed by atoms with van der Waals surface area (Å²) in [5.74, 6) is 0.220. The maximum Gasteiger partial charge on any atom is 0.227 e. The van der Waals surface area contributed by atoms with E-state index in [1.807, 2.05) is 60.8 Å². The van der Waals surface area contributed by atoms with Gasteiger partial charge in [-0.25, -0.2) is 4.68 Å². The molecule has 1 fully saturated rings. The Hall–Kier alpha value is -3.61. The van der Waals surface area contributed by atoms with Crippen LogP contribution in [0.1, 0.15) is 12.0 Å². The highest BCUT2D eigenvalue weighted by atomic mass is 16.5. The molecule has 0 radical (unpaired) electrons. The number of hydrogen-bond donors (Lipinski definition) is 1. The van der Waals surface area contributed by atoms with Crippen LogP contribution >= 0.6 is 0 Å². The summed E-state index contributed by atoms with van der Waals surface area (Å²) in [6.07, 6.45) is 4.59. The summed E-state index contributed by atoms with van der Waals surface area (Å²) in [7, 11) is 1.59. The van der Waals surface area contributed by atoms with Crippen molar-refractivity contribution in [1.82, 2.24) is 15.1 Å². The predicted octanol–water partition coefficient (Wildman–Crippen LogP) is 2.59. The standard InChI is InChI=1S/C23H24N4O3/c1-30-21-5-2-4-20(15-21)26-16-18(14-22(26)28)23(29)24-12-10-17-6-8-19(9-7-17)27-13-3-11-25-27/h2-9,11,13,15,18H,10,12,14,16H2,1H3,(H,24,29). The van der Waals surface area contributed by atoms with Crippen LogP contribution in [0.4, 0.5) is 5.69 Å². The largest absolute Gasteiger partial charge is 0.497 e. The Bertz CT molecular complexity index is 1020. The van der Waals surface area contributed by atoms with E-state index in [4.69, 9.17) is 4.74 Å². The van der Waals surface area contributed by atoms with Gasteiger partial charge < -0.3 is 15.0 Å². The van der Waals surface area contributed by atoms with E-state index in [9.17, 15) is 9.59 Å². The van der Waals surface area contributed by atoms with Crippen LogP contribution in [0.3, 0.4) is 0 Å². The average Bonchev–Trinajstić information content (AvgIpc) is 3.44. The quantitative estimate of drug-likeness (QED) is 0.657. The van der Waals surface area contributed by atoms with Crippen molar-refractivity contribution in [2.45, 2.75) is 12.8 Å². The van der Waals surface area contributed by atoms with E-state index in [0.717, 1.165) is 23.4 Å². The molecule has 2 amide bonds. The Labute approximate surface area is 175 Å². The van der Waals surface area contributed by atoms with Gasteiger partial charge in [-0.05, 0) is 42.3 Å². The summed E-state index contributed by atoms with van der Waals surface area (Å²) in [5.41, 5.74) is 2.88. The van der Waals surface area contributed by atoms with E-state index in [0.29, 0.717) is 18.8 Å². The Kier molecular flexibility index (Phi) is 5.79. The molecule has 4 rings (SSSR count). The molecule has 1 unspecified atom stereocenters. The molecule has 154 valence electrons. The average molecular weight is 404 g/mol. The molecule has 0 saturated carbocycles. The lowest BCUT2D eigenvalue weighted by atomic mass is 10.1. The van der Waals surface area contributed by atoms with E-state index >= 15 is 0 Å². The molecule has 1 N–H and O–H groups in total. The third-order valence-corrected chi connectivity index (χ3v) is 5.28. The van der Waals surface area contributed by atoms with Crippen LogP contribution < -0.4 is 15.0 Å². The van der Waals surface area contributed by atoms with Gasteiger partial charge in [0.15, 0.2) is 0 Å². The van der Waals surface area contributed by atoms with Crippen LogP contribution in [0, 0.1) is 5.92 Å². The van der Waals surface area contributed by atoms with Gasteiger partial charge >= 0.3 is 0 Å². The van der Waals surface area contributed by atoms with Crippen molar-refractivity contribution in [3.05, 3.63) is 72.6 Å². The number of methoxy groups -OCH3 is 1. The number of hydrogen-bond acceptors (Lipinski definition) is 4. The van der Waals surface area contributed by atoms with Crippen molar-refractivity contribution in [2.75, 3.05) is 25.1 Å². The fraction of sp³-hybridized carbons (Fsp3) is 0.261. The van der Waals surface area contributed by atoms with Crippen LogP contribution in [0.2, 0.25) is 0 Å². The number of nitrogens with one attached hydrogen (secondary N) is 1. The molecule has 0 spiro atoms. The second-order valence-electron chi connectivity index (χ2n) is 7.26. The van der Waals surface area contributed by atoms with E-state index in [-0.39, 0.29) is 24.2 Å². The van der Waals surface area contributed by atoms with E-state index in [1.165, 1.54) is 0 Å². The molecule has 0 aliphatic carbocycles. The first-order chi connectivity index (χ1) is 14.6. The molecule has 1 atom stereocenters. The van der Waals surface area contributed by atoms with Crippen molar-refractivity contribution in [3.8, 4) is 11.4 Å². The molecule has 1 aliphatic heterocycles. The monoisotopic (exact) mass is 404 g/mol. The topological polar surface area (TPSA) is 76.5 Å². The number of benzene rings is 2. The molecule has 2 heterocycles. The highest BCUT2D eigenvalue weighted by Gasteiger charge is 2.35. The zero-order valence-electron chi connectivity index (χ0n) is 16.8. The summed E-state index contributed by atoms with van der Waals surface area (Å²) in [6.45, 7) is 0.917.